The van der Waals surface area contributed by atoms with E-state index in [4.69, 9.17) is 0 Å². The van der Waals surface area contributed by atoms with Gasteiger partial charge < -0.3 is 9.19 Å². The minimum Gasteiger partial charge on any atom is -0.358 e. The minimum atomic E-state index is 0.525. The molecule has 1 aliphatic rings. The quantitative estimate of drug-likeness (QED) is 0.424. The second-order valence-electron chi connectivity index (χ2n) is 1.41. The van der Waals surface area contributed by atoms with Gasteiger partial charge in [0, 0.05) is 0 Å². The molecule has 7 heavy (non-hydrogen) atoms. The van der Waals surface area contributed by atoms with Crippen LogP contribution in [0.25, 0.3) is 0 Å². The van der Waals surface area contributed by atoms with Gasteiger partial charge in [-0.25, -0.2) is 0 Å². The summed E-state index contributed by atoms with van der Waals surface area (Å²) in [6.07, 6.45) is 1.22. The van der Waals surface area contributed by atoms with Crippen molar-refractivity contribution >= 4 is 22.5 Å². The van der Waals surface area contributed by atoms with E-state index < -0.39 is 0 Å². The zero-order valence-corrected chi connectivity index (χ0v) is 5.62. The zero-order valence-electron chi connectivity index (χ0n) is 3.81. The van der Waals surface area contributed by atoms with Gasteiger partial charge >= 0.3 is 0 Å². The molecule has 0 spiro atoms. The molecule has 2 nitrogen and oxygen atoms in total. The lowest BCUT2D eigenvalue weighted by Crippen LogP contribution is -2.40. The van der Waals surface area contributed by atoms with E-state index in [1.54, 1.807) is 0 Å². The summed E-state index contributed by atoms with van der Waals surface area (Å²) in [7, 11) is 2.89. The molecule has 0 aromatic heterocycles. The Morgan fingerprint density at radius 3 is 2.71 bits per heavy atom. The van der Waals surface area contributed by atoms with Crippen molar-refractivity contribution in [1.29, 1.82) is 0 Å². The molecular weight excluding hydrogens is 126 g/mol. The molecule has 1 atom stereocenters. The Morgan fingerprint density at radius 1 is 1.86 bits per heavy atom. The molecule has 1 N–H and O–H groups in total. The highest BCUT2D eigenvalue weighted by Gasteiger charge is 2.15. The number of rotatable bonds is 2. The van der Waals surface area contributed by atoms with Crippen LogP contribution in [0.1, 0.15) is 6.42 Å². The smallest absolute Gasteiger partial charge is 0.269 e. The van der Waals surface area contributed by atoms with Crippen molar-refractivity contribution in [3.63, 3.8) is 0 Å². The van der Waals surface area contributed by atoms with Crippen molar-refractivity contribution in [3.05, 3.63) is 0 Å². The second kappa shape index (κ2) is 2.71. The highest BCUT2D eigenvalue weighted by atomic mass is 32.2. The van der Waals surface area contributed by atoms with Crippen LogP contribution in [0, 0.1) is 0 Å². The van der Waals surface area contributed by atoms with Crippen LogP contribution < -0.4 is 5.32 Å². The summed E-state index contributed by atoms with van der Waals surface area (Å²) in [4.78, 5) is 0. The summed E-state index contributed by atoms with van der Waals surface area (Å²) in [5, 5.41) is 3.68. The molecule has 1 unspecified atom stereocenters. The highest BCUT2D eigenvalue weighted by Crippen LogP contribution is 2.16. The van der Waals surface area contributed by atoms with E-state index in [1.165, 1.54) is 18.5 Å². The molecule has 0 bridgehead atoms. The Kier molecular flexibility index (Phi) is 2.18. The van der Waals surface area contributed by atoms with Gasteiger partial charge in [-0.3, -0.25) is 0 Å². The molecule has 0 aromatic carbocycles. The van der Waals surface area contributed by atoms with Gasteiger partial charge in [-0.05, 0) is 25.0 Å². The molecule has 0 aliphatic carbocycles. The third-order valence-electron chi connectivity index (χ3n) is 0.943. The van der Waals surface area contributed by atoms with Crippen LogP contribution in [0.5, 0.6) is 0 Å². The first-order valence-electron chi connectivity index (χ1n) is 2.16. The summed E-state index contributed by atoms with van der Waals surface area (Å²) in [5.74, 6) is 0. The van der Waals surface area contributed by atoms with Gasteiger partial charge in [-0.1, -0.05) is 0 Å². The van der Waals surface area contributed by atoms with Crippen LogP contribution in [0.3, 0.4) is 0 Å². The van der Waals surface area contributed by atoms with Gasteiger partial charge in [0.15, 0.2) is 0 Å². The lowest BCUT2D eigenvalue weighted by molar-refractivity contribution is 0.472. The van der Waals surface area contributed by atoms with Crippen molar-refractivity contribution in [1.82, 2.24) is 5.32 Å². The summed E-state index contributed by atoms with van der Waals surface area (Å²) < 4.78 is 4.61. The molecule has 0 amide bonds. The second-order valence-corrected chi connectivity index (χ2v) is 2.84. The predicted molar refractivity (Wildman–Crippen MR) is 30.8 cm³/mol. The summed E-state index contributed by atoms with van der Waals surface area (Å²) in [6, 6.07) is 0. The average molecular weight is 132 g/mol. The summed E-state index contributed by atoms with van der Waals surface area (Å²) in [6.45, 7) is 1.13. The van der Waals surface area contributed by atoms with E-state index in [2.05, 4.69) is 19.7 Å². The fourth-order valence-corrected chi connectivity index (χ4v) is 1.27. The molecule has 0 aromatic rings. The van der Waals surface area contributed by atoms with Crippen molar-refractivity contribution in [3.8, 4) is 0 Å². The first kappa shape index (κ1) is 5.62. The zero-order chi connectivity index (χ0) is 5.11. The summed E-state index contributed by atoms with van der Waals surface area (Å²) in [5.41, 5.74) is 0. The Labute approximate surface area is 50.8 Å². The van der Waals surface area contributed by atoms with Crippen LogP contribution in [0.15, 0.2) is 0 Å². The lowest BCUT2D eigenvalue weighted by atomic mass is 10.3. The van der Waals surface area contributed by atoms with Crippen LogP contribution in [0.4, 0.5) is 0 Å². The summed E-state index contributed by atoms with van der Waals surface area (Å²) >= 11 is 1.42. The van der Waals surface area contributed by atoms with Crippen molar-refractivity contribution < 1.29 is 3.87 Å². The minimum absolute atomic E-state index is 0.525. The largest absolute Gasteiger partial charge is 0.358 e. The molecule has 39 valence electrons. The molecule has 4 heteroatoms. The Morgan fingerprint density at radius 2 is 2.57 bits per heavy atom. The van der Waals surface area contributed by atoms with E-state index in [1.807, 2.05) is 0 Å². The van der Waals surface area contributed by atoms with Gasteiger partial charge in [0.1, 0.15) is 0 Å². The van der Waals surface area contributed by atoms with Crippen LogP contribution in [-0.4, -0.2) is 22.4 Å². The third kappa shape index (κ3) is 1.45. The SMILES string of the molecule is [Si]OSC1CCN1. The monoisotopic (exact) mass is 132 g/mol. The fraction of sp³-hybridized carbons (Fsp3) is 1.00. The predicted octanol–water partition coefficient (Wildman–Crippen LogP) is 0.0541. The van der Waals surface area contributed by atoms with E-state index in [-0.39, 0.29) is 0 Å². The highest BCUT2D eigenvalue weighted by molar-refractivity contribution is 7.95. The van der Waals surface area contributed by atoms with Crippen LogP contribution in [0.2, 0.25) is 0 Å². The lowest BCUT2D eigenvalue weighted by Gasteiger charge is -2.24. The Balaban J connectivity index is 1.93. The Hall–Kier alpha value is 0.487. The molecule has 1 heterocycles. The van der Waals surface area contributed by atoms with Gasteiger partial charge in [-0.2, -0.15) is 0 Å². The van der Waals surface area contributed by atoms with Gasteiger partial charge in [0.2, 0.25) is 0 Å². The van der Waals surface area contributed by atoms with Crippen LogP contribution >= 0.6 is 12.0 Å². The number of nitrogens with one attached hydrogen (secondary N) is 1. The Bertz CT molecular complexity index is 58.9. The molecule has 1 fully saturated rings. The third-order valence-corrected chi connectivity index (χ3v) is 1.96. The standard InChI is InChI=1S/C3H6NOSSi/c7-5-6-3-1-2-4-3/h3-4H,1-2H2. The average Bonchev–Trinajstić information content (AvgIpc) is 1.55. The van der Waals surface area contributed by atoms with Gasteiger partial charge in [-0.15, -0.1) is 0 Å². The van der Waals surface area contributed by atoms with Gasteiger partial charge in [0.25, 0.3) is 10.5 Å². The molecule has 1 rings (SSSR count). The first-order chi connectivity index (χ1) is 3.43. The van der Waals surface area contributed by atoms with E-state index in [0.717, 1.165) is 6.54 Å². The fourth-order valence-electron chi connectivity index (χ4n) is 0.402. The van der Waals surface area contributed by atoms with Crippen molar-refractivity contribution in [2.24, 2.45) is 0 Å². The van der Waals surface area contributed by atoms with Gasteiger partial charge in [0.05, 0.1) is 5.37 Å². The molecule has 1 aliphatic heterocycles. The molecule has 3 radical (unpaired) electrons. The number of hydrogen-bond acceptors (Lipinski definition) is 3. The molecular formula is C3H6NOSSi. The first-order valence-corrected chi connectivity index (χ1v) is 3.37. The number of hydrogen-bond donors (Lipinski definition) is 1. The maximum Gasteiger partial charge on any atom is 0.269 e. The van der Waals surface area contributed by atoms with Crippen molar-refractivity contribution in [2.45, 2.75) is 11.8 Å². The topological polar surface area (TPSA) is 21.3 Å². The van der Waals surface area contributed by atoms with Crippen molar-refractivity contribution in [2.75, 3.05) is 6.54 Å². The molecule has 0 saturated carbocycles. The van der Waals surface area contributed by atoms with E-state index >= 15 is 0 Å². The van der Waals surface area contributed by atoms with E-state index in [0.29, 0.717) is 5.37 Å². The molecule has 1 saturated heterocycles. The maximum atomic E-state index is 4.61. The van der Waals surface area contributed by atoms with E-state index in [9.17, 15) is 0 Å². The maximum absolute atomic E-state index is 4.61. The van der Waals surface area contributed by atoms with Crippen LogP contribution in [-0.2, 0) is 3.87 Å². The normalized spacial score (nSPS) is 29.6.